The molecule has 5 nitrogen and oxygen atoms in total. The maximum Gasteiger partial charge on any atom is 0.262 e. The molecule has 8 heteroatoms. The molecule has 0 N–H and O–H groups in total. The highest BCUT2D eigenvalue weighted by atomic mass is 32.2. The molecule has 2 aliphatic rings. The van der Waals surface area contributed by atoms with Crippen molar-refractivity contribution in [2.75, 3.05) is 39.8 Å². The first-order chi connectivity index (χ1) is 14.0. The molecule has 0 aliphatic carbocycles. The first-order valence-corrected chi connectivity index (χ1v) is 12.4. The molecule has 0 spiro atoms. The minimum absolute atomic E-state index is 0.00367. The molecule has 0 radical (unpaired) electrons. The number of sulfonamides is 1. The largest absolute Gasteiger partial charge is 0.305 e. The van der Waals surface area contributed by atoms with Gasteiger partial charge in [-0.1, -0.05) is 24.6 Å². The molecule has 2 aliphatic heterocycles. The number of nitrogens with zero attached hydrogens (tertiary/aromatic N) is 3. The van der Waals surface area contributed by atoms with E-state index < -0.39 is 15.9 Å². The van der Waals surface area contributed by atoms with Gasteiger partial charge in [0.25, 0.3) is 5.92 Å². The van der Waals surface area contributed by atoms with Crippen molar-refractivity contribution in [3.63, 3.8) is 0 Å². The molecule has 30 heavy (non-hydrogen) atoms. The molecular formula is C22H35F2N3O2S. The number of piperidine rings is 1. The molecule has 0 amide bonds. The van der Waals surface area contributed by atoms with Crippen molar-refractivity contribution >= 4 is 10.0 Å². The highest BCUT2D eigenvalue weighted by Gasteiger charge is 2.48. The molecule has 1 aromatic carbocycles. The first kappa shape index (κ1) is 23.6. The Balaban J connectivity index is 1.67. The van der Waals surface area contributed by atoms with E-state index in [2.05, 4.69) is 11.8 Å². The Bertz CT molecular complexity index is 839. The van der Waals surface area contributed by atoms with E-state index in [1.165, 1.54) is 4.31 Å². The van der Waals surface area contributed by atoms with Crippen LogP contribution in [0.25, 0.3) is 0 Å². The van der Waals surface area contributed by atoms with Gasteiger partial charge in [0.2, 0.25) is 10.0 Å². The van der Waals surface area contributed by atoms with E-state index >= 15 is 0 Å². The minimum Gasteiger partial charge on any atom is -0.305 e. The average molecular weight is 444 g/mol. The van der Waals surface area contributed by atoms with E-state index in [-0.39, 0.29) is 25.0 Å². The third kappa shape index (κ3) is 5.21. The fourth-order valence-electron chi connectivity index (χ4n) is 4.99. The first-order valence-electron chi connectivity index (χ1n) is 10.9. The van der Waals surface area contributed by atoms with Gasteiger partial charge in [0, 0.05) is 38.1 Å². The van der Waals surface area contributed by atoms with Gasteiger partial charge in [0.1, 0.15) is 0 Å². The van der Waals surface area contributed by atoms with Crippen LogP contribution in [-0.4, -0.2) is 80.3 Å². The van der Waals surface area contributed by atoms with Crippen LogP contribution in [0.2, 0.25) is 0 Å². The molecule has 3 rings (SSSR count). The molecule has 170 valence electrons. The van der Waals surface area contributed by atoms with Gasteiger partial charge in [-0.05, 0) is 58.3 Å². The van der Waals surface area contributed by atoms with E-state index in [0.29, 0.717) is 37.4 Å². The summed E-state index contributed by atoms with van der Waals surface area (Å²) in [5.41, 5.74) is 1.77. The Morgan fingerprint density at radius 1 is 1.20 bits per heavy atom. The van der Waals surface area contributed by atoms with Crippen molar-refractivity contribution < 1.29 is 17.2 Å². The standard InChI is InChI=1S/C22H35F2N3O2S/c1-5-10-25(4)15-20-14-22(23,24)16-27(20)19-8-11-26(12-9-19)30(28,29)21-7-6-17(2)13-18(21)3/h6-7,13,19-20H,5,8-12,14-16H2,1-4H3/t20-/m0/s1. The van der Waals surface area contributed by atoms with Gasteiger partial charge in [-0.3, -0.25) is 4.90 Å². The van der Waals surface area contributed by atoms with Gasteiger partial charge in [0.05, 0.1) is 11.4 Å². The highest BCUT2D eigenvalue weighted by molar-refractivity contribution is 7.89. The summed E-state index contributed by atoms with van der Waals surface area (Å²) in [5.74, 6) is -2.67. The van der Waals surface area contributed by atoms with Gasteiger partial charge in [-0.15, -0.1) is 0 Å². The molecule has 0 aromatic heterocycles. The molecule has 2 fully saturated rings. The quantitative estimate of drug-likeness (QED) is 0.647. The van der Waals surface area contributed by atoms with Crippen molar-refractivity contribution in [3.05, 3.63) is 29.3 Å². The Kier molecular flexibility index (Phi) is 7.22. The third-order valence-corrected chi connectivity index (χ3v) is 8.44. The van der Waals surface area contributed by atoms with Crippen molar-refractivity contribution in [2.24, 2.45) is 0 Å². The van der Waals surface area contributed by atoms with Crippen molar-refractivity contribution in [1.82, 2.24) is 14.1 Å². The molecule has 2 heterocycles. The van der Waals surface area contributed by atoms with Crippen molar-refractivity contribution in [3.8, 4) is 0 Å². The lowest BCUT2D eigenvalue weighted by Crippen LogP contribution is -2.50. The topological polar surface area (TPSA) is 43.9 Å². The second-order valence-electron chi connectivity index (χ2n) is 9.05. The predicted octanol–water partition coefficient (Wildman–Crippen LogP) is 3.51. The number of aryl methyl sites for hydroxylation is 2. The van der Waals surface area contributed by atoms with Crippen LogP contribution < -0.4 is 0 Å². The van der Waals surface area contributed by atoms with E-state index in [0.717, 1.165) is 24.1 Å². The molecule has 1 aromatic rings. The number of likely N-dealkylation sites (N-methyl/N-ethyl adjacent to an activating group) is 1. The number of alkyl halides is 2. The predicted molar refractivity (Wildman–Crippen MR) is 116 cm³/mol. The van der Waals surface area contributed by atoms with Gasteiger partial charge < -0.3 is 4.90 Å². The Labute approximate surface area is 180 Å². The molecule has 2 saturated heterocycles. The third-order valence-electron chi connectivity index (χ3n) is 6.39. The second kappa shape index (κ2) is 9.18. The maximum atomic E-state index is 14.2. The lowest BCUT2D eigenvalue weighted by Gasteiger charge is -2.39. The van der Waals surface area contributed by atoms with E-state index in [4.69, 9.17) is 0 Å². The Morgan fingerprint density at radius 2 is 1.87 bits per heavy atom. The fraction of sp³-hybridized carbons (Fsp3) is 0.727. The smallest absolute Gasteiger partial charge is 0.262 e. The number of hydrogen-bond donors (Lipinski definition) is 0. The lowest BCUT2D eigenvalue weighted by atomic mass is 10.0. The summed E-state index contributed by atoms with van der Waals surface area (Å²) in [6, 6.07) is 5.19. The molecule has 0 saturated carbocycles. The van der Waals surface area contributed by atoms with Crippen LogP contribution in [0.1, 0.15) is 43.7 Å². The molecular weight excluding hydrogens is 408 g/mol. The maximum absolute atomic E-state index is 14.2. The summed E-state index contributed by atoms with van der Waals surface area (Å²) in [7, 11) is -1.58. The summed E-state index contributed by atoms with van der Waals surface area (Å²) in [6.45, 7) is 7.90. The fourth-order valence-corrected chi connectivity index (χ4v) is 6.67. The van der Waals surface area contributed by atoms with Crippen LogP contribution in [0.5, 0.6) is 0 Å². The monoisotopic (exact) mass is 443 g/mol. The molecule has 0 unspecified atom stereocenters. The van der Waals surface area contributed by atoms with Gasteiger partial charge in [-0.25, -0.2) is 17.2 Å². The zero-order valence-electron chi connectivity index (χ0n) is 18.6. The Morgan fingerprint density at radius 3 is 2.47 bits per heavy atom. The normalized spacial score (nSPS) is 24.0. The van der Waals surface area contributed by atoms with E-state index in [1.54, 1.807) is 6.07 Å². The van der Waals surface area contributed by atoms with Crippen LogP contribution in [0.4, 0.5) is 8.78 Å². The average Bonchev–Trinajstić information content (AvgIpc) is 2.95. The van der Waals surface area contributed by atoms with Crippen LogP contribution in [0, 0.1) is 13.8 Å². The zero-order chi connectivity index (χ0) is 22.1. The van der Waals surface area contributed by atoms with E-state index in [9.17, 15) is 17.2 Å². The summed E-state index contributed by atoms with van der Waals surface area (Å²) in [4.78, 5) is 4.42. The number of rotatable bonds is 7. The van der Waals surface area contributed by atoms with Crippen LogP contribution in [-0.2, 0) is 10.0 Å². The number of likely N-dealkylation sites (tertiary alicyclic amines) is 1. The van der Waals surface area contributed by atoms with Crippen LogP contribution in [0.3, 0.4) is 0 Å². The zero-order valence-corrected chi connectivity index (χ0v) is 19.4. The Hall–Kier alpha value is -1.09. The van der Waals surface area contributed by atoms with E-state index in [1.807, 2.05) is 37.9 Å². The number of benzene rings is 1. The number of halogens is 2. The summed E-state index contributed by atoms with van der Waals surface area (Å²) in [6.07, 6.45) is 2.07. The van der Waals surface area contributed by atoms with Gasteiger partial charge in [-0.2, -0.15) is 4.31 Å². The highest BCUT2D eigenvalue weighted by Crippen LogP contribution is 2.36. The summed E-state index contributed by atoms with van der Waals surface area (Å²) in [5, 5.41) is 0. The van der Waals surface area contributed by atoms with Crippen LogP contribution >= 0.6 is 0 Å². The van der Waals surface area contributed by atoms with Crippen molar-refractivity contribution in [2.45, 2.75) is 69.4 Å². The molecule has 0 bridgehead atoms. The van der Waals surface area contributed by atoms with Gasteiger partial charge >= 0.3 is 0 Å². The summed E-state index contributed by atoms with van der Waals surface area (Å²) >= 11 is 0. The summed E-state index contributed by atoms with van der Waals surface area (Å²) < 4.78 is 56.2. The number of hydrogen-bond acceptors (Lipinski definition) is 4. The SMILES string of the molecule is CCCN(C)C[C@@H]1CC(F)(F)CN1C1CCN(S(=O)(=O)c2ccc(C)cc2C)CC1. The lowest BCUT2D eigenvalue weighted by molar-refractivity contribution is 0.00468. The van der Waals surface area contributed by atoms with Gasteiger partial charge in [0.15, 0.2) is 0 Å². The molecule has 1 atom stereocenters. The van der Waals surface area contributed by atoms with Crippen molar-refractivity contribution in [1.29, 1.82) is 0 Å². The van der Waals surface area contributed by atoms with Crippen LogP contribution in [0.15, 0.2) is 23.1 Å². The second-order valence-corrected chi connectivity index (χ2v) is 11.0. The minimum atomic E-state index is -3.56.